The fourth-order valence-corrected chi connectivity index (χ4v) is 2.95. The predicted octanol–water partition coefficient (Wildman–Crippen LogP) is 5.44. The molecule has 1 N–H and O–H groups in total. The number of amides is 1. The summed E-state index contributed by atoms with van der Waals surface area (Å²) in [6, 6.07) is 9.70. The zero-order chi connectivity index (χ0) is 18.1. The summed E-state index contributed by atoms with van der Waals surface area (Å²) < 4.78 is 1.45. The molecule has 128 valence electrons. The highest BCUT2D eigenvalue weighted by molar-refractivity contribution is 6.37. The minimum Gasteiger partial charge on any atom is -0.318 e. The zero-order valence-electron chi connectivity index (χ0n) is 12.7. The van der Waals surface area contributed by atoms with Crippen LogP contribution in [-0.4, -0.2) is 20.7 Å². The molecule has 3 rings (SSSR count). The van der Waals surface area contributed by atoms with Crippen LogP contribution in [0, 0.1) is 6.92 Å². The van der Waals surface area contributed by atoms with Crippen LogP contribution in [0.2, 0.25) is 20.1 Å². The van der Waals surface area contributed by atoms with Gasteiger partial charge in [-0.05, 0) is 43.3 Å². The van der Waals surface area contributed by atoms with Crippen molar-refractivity contribution in [1.82, 2.24) is 14.8 Å². The van der Waals surface area contributed by atoms with Crippen LogP contribution in [0.3, 0.4) is 0 Å². The summed E-state index contributed by atoms with van der Waals surface area (Å²) in [6.07, 6.45) is 0. The van der Waals surface area contributed by atoms with Gasteiger partial charge in [0.25, 0.3) is 5.91 Å². The molecule has 5 nitrogen and oxygen atoms in total. The highest BCUT2D eigenvalue weighted by atomic mass is 35.5. The van der Waals surface area contributed by atoms with Gasteiger partial charge in [-0.3, -0.25) is 4.79 Å². The van der Waals surface area contributed by atoms with E-state index < -0.39 is 5.91 Å². The van der Waals surface area contributed by atoms with E-state index in [0.717, 1.165) is 0 Å². The summed E-state index contributed by atoms with van der Waals surface area (Å²) in [6.45, 7) is 1.70. The van der Waals surface area contributed by atoms with E-state index in [1.54, 1.807) is 37.3 Å². The lowest BCUT2D eigenvalue weighted by atomic mass is 10.3. The number of aryl methyl sites for hydroxylation is 1. The lowest BCUT2D eigenvalue weighted by molar-refractivity contribution is 0.101. The second-order valence-electron chi connectivity index (χ2n) is 5.07. The zero-order valence-corrected chi connectivity index (χ0v) is 15.7. The molecule has 1 heterocycles. The third kappa shape index (κ3) is 3.90. The Hall–Kier alpha value is -1.79. The van der Waals surface area contributed by atoms with E-state index in [1.165, 1.54) is 10.7 Å². The molecule has 1 amide bonds. The third-order valence-corrected chi connectivity index (χ3v) is 4.39. The van der Waals surface area contributed by atoms with Crippen molar-refractivity contribution < 1.29 is 4.79 Å². The Morgan fingerprint density at radius 3 is 2.40 bits per heavy atom. The number of benzene rings is 2. The maximum Gasteiger partial charge on any atom is 0.295 e. The maximum atomic E-state index is 12.4. The van der Waals surface area contributed by atoms with Crippen LogP contribution in [-0.2, 0) is 0 Å². The Bertz CT molecular complexity index is 971. The minimum absolute atomic E-state index is 0.0282. The van der Waals surface area contributed by atoms with Gasteiger partial charge in [0.05, 0.1) is 21.4 Å². The molecule has 0 radical (unpaired) electrons. The SMILES string of the molecule is Cc1nc(C(=O)Nc2ccc(Cl)cc2Cl)nn1-c1cc(Cl)ccc1Cl. The Morgan fingerprint density at radius 2 is 1.68 bits per heavy atom. The normalized spacial score (nSPS) is 10.8. The van der Waals surface area contributed by atoms with Gasteiger partial charge in [0.1, 0.15) is 5.82 Å². The van der Waals surface area contributed by atoms with E-state index in [4.69, 9.17) is 46.4 Å². The van der Waals surface area contributed by atoms with Crippen molar-refractivity contribution in [2.24, 2.45) is 0 Å². The Labute approximate surface area is 163 Å². The summed E-state index contributed by atoms with van der Waals surface area (Å²) >= 11 is 24.1. The van der Waals surface area contributed by atoms with Crippen LogP contribution in [0.4, 0.5) is 5.69 Å². The van der Waals surface area contributed by atoms with E-state index in [-0.39, 0.29) is 5.82 Å². The van der Waals surface area contributed by atoms with Gasteiger partial charge in [-0.1, -0.05) is 46.4 Å². The van der Waals surface area contributed by atoms with Crippen LogP contribution in [0.5, 0.6) is 0 Å². The molecule has 3 aromatic rings. The van der Waals surface area contributed by atoms with Gasteiger partial charge in [-0.2, -0.15) is 0 Å². The number of aromatic nitrogens is 3. The average Bonchev–Trinajstić information content (AvgIpc) is 2.94. The number of nitrogens with one attached hydrogen (secondary N) is 1. The van der Waals surface area contributed by atoms with Gasteiger partial charge in [0, 0.05) is 10.0 Å². The number of nitrogens with zero attached hydrogens (tertiary/aromatic N) is 3. The van der Waals surface area contributed by atoms with Gasteiger partial charge < -0.3 is 5.32 Å². The van der Waals surface area contributed by atoms with Crippen molar-refractivity contribution in [3.63, 3.8) is 0 Å². The molecule has 25 heavy (non-hydrogen) atoms. The molecule has 0 unspecified atom stereocenters. The first-order valence-electron chi connectivity index (χ1n) is 7.00. The van der Waals surface area contributed by atoms with Crippen LogP contribution < -0.4 is 5.32 Å². The van der Waals surface area contributed by atoms with Crippen molar-refractivity contribution in [2.45, 2.75) is 6.92 Å². The molecule has 0 saturated carbocycles. The number of hydrogen-bond acceptors (Lipinski definition) is 3. The summed E-state index contributed by atoms with van der Waals surface area (Å²) in [5, 5.41) is 8.56. The van der Waals surface area contributed by atoms with Crippen LogP contribution >= 0.6 is 46.4 Å². The highest BCUT2D eigenvalue weighted by Crippen LogP contribution is 2.27. The lowest BCUT2D eigenvalue weighted by Crippen LogP contribution is -2.14. The number of carbonyl (C=O) groups excluding carboxylic acids is 1. The second kappa shape index (κ2) is 7.22. The van der Waals surface area contributed by atoms with Gasteiger partial charge in [0.15, 0.2) is 0 Å². The molecular formula is C16H10Cl4N4O. The van der Waals surface area contributed by atoms with Gasteiger partial charge in [0.2, 0.25) is 5.82 Å². The molecule has 0 fully saturated rings. The van der Waals surface area contributed by atoms with Crippen molar-refractivity contribution in [2.75, 3.05) is 5.32 Å². The quantitative estimate of drug-likeness (QED) is 0.619. The molecule has 0 aliphatic rings. The molecule has 2 aromatic carbocycles. The summed E-state index contributed by atoms with van der Waals surface area (Å²) in [5.74, 6) is -0.0553. The minimum atomic E-state index is -0.510. The Morgan fingerprint density at radius 1 is 1.00 bits per heavy atom. The van der Waals surface area contributed by atoms with E-state index in [1.807, 2.05) is 0 Å². The predicted molar refractivity (Wildman–Crippen MR) is 101 cm³/mol. The van der Waals surface area contributed by atoms with Crippen molar-refractivity contribution in [3.05, 3.63) is 68.1 Å². The highest BCUT2D eigenvalue weighted by Gasteiger charge is 2.18. The first kappa shape index (κ1) is 18.0. The number of rotatable bonds is 3. The smallest absolute Gasteiger partial charge is 0.295 e. The molecule has 0 atom stereocenters. The van der Waals surface area contributed by atoms with Gasteiger partial charge >= 0.3 is 0 Å². The largest absolute Gasteiger partial charge is 0.318 e. The summed E-state index contributed by atoms with van der Waals surface area (Å²) in [7, 11) is 0. The topological polar surface area (TPSA) is 59.8 Å². The number of hydrogen-bond donors (Lipinski definition) is 1. The fraction of sp³-hybridized carbons (Fsp3) is 0.0625. The molecule has 9 heteroatoms. The maximum absolute atomic E-state index is 12.4. The molecule has 0 bridgehead atoms. The van der Waals surface area contributed by atoms with Crippen LogP contribution in [0.15, 0.2) is 36.4 Å². The monoisotopic (exact) mass is 414 g/mol. The van der Waals surface area contributed by atoms with E-state index in [2.05, 4.69) is 15.4 Å². The summed E-state index contributed by atoms with van der Waals surface area (Å²) in [5.41, 5.74) is 0.939. The molecule has 1 aromatic heterocycles. The Kier molecular flexibility index (Phi) is 5.20. The average molecular weight is 416 g/mol. The van der Waals surface area contributed by atoms with Crippen molar-refractivity contribution in [3.8, 4) is 5.69 Å². The van der Waals surface area contributed by atoms with Crippen LogP contribution in [0.25, 0.3) is 5.69 Å². The molecule has 0 spiro atoms. The van der Waals surface area contributed by atoms with Gasteiger partial charge in [-0.15, -0.1) is 5.10 Å². The molecule has 0 aliphatic heterocycles. The number of carbonyl (C=O) groups is 1. The molecular weight excluding hydrogens is 406 g/mol. The first-order valence-corrected chi connectivity index (χ1v) is 8.52. The first-order chi connectivity index (χ1) is 11.8. The van der Waals surface area contributed by atoms with Crippen molar-refractivity contribution >= 4 is 58.0 Å². The van der Waals surface area contributed by atoms with E-state index in [9.17, 15) is 4.79 Å². The number of anilines is 1. The molecule has 0 saturated heterocycles. The Balaban J connectivity index is 1.91. The van der Waals surface area contributed by atoms with E-state index >= 15 is 0 Å². The molecule has 0 aliphatic carbocycles. The van der Waals surface area contributed by atoms with Crippen molar-refractivity contribution in [1.29, 1.82) is 0 Å². The third-order valence-electron chi connectivity index (χ3n) is 3.29. The fourth-order valence-electron chi connectivity index (χ4n) is 2.13. The van der Waals surface area contributed by atoms with Gasteiger partial charge in [-0.25, -0.2) is 9.67 Å². The van der Waals surface area contributed by atoms with E-state index in [0.29, 0.717) is 37.3 Å². The summed E-state index contributed by atoms with van der Waals surface area (Å²) in [4.78, 5) is 16.6. The number of halogens is 4. The second-order valence-corrected chi connectivity index (χ2v) is 6.76. The standard InChI is InChI=1S/C16H10Cl4N4O/c1-8-21-15(16(25)22-13-5-3-9(17)6-12(13)20)23-24(8)14-7-10(18)2-4-11(14)19/h2-7H,1H3,(H,22,25). The van der Waals surface area contributed by atoms with Crippen LogP contribution in [0.1, 0.15) is 16.4 Å². The lowest BCUT2D eigenvalue weighted by Gasteiger charge is -2.06.